The van der Waals surface area contributed by atoms with Crippen LogP contribution in [0.5, 0.6) is 5.75 Å². The molecule has 3 rings (SSSR count). The molecule has 1 aliphatic heterocycles. The number of anilines is 1. The zero-order valence-electron chi connectivity index (χ0n) is 14.2. The van der Waals surface area contributed by atoms with Crippen molar-refractivity contribution in [3.8, 4) is 5.75 Å². The van der Waals surface area contributed by atoms with E-state index in [2.05, 4.69) is 5.32 Å². The molecule has 1 aliphatic rings. The van der Waals surface area contributed by atoms with Gasteiger partial charge in [-0.25, -0.2) is 0 Å². The first-order valence-corrected chi connectivity index (χ1v) is 9.42. The third-order valence-electron chi connectivity index (χ3n) is 4.26. The van der Waals surface area contributed by atoms with Gasteiger partial charge in [0.1, 0.15) is 5.75 Å². The molecule has 2 heterocycles. The maximum atomic E-state index is 12.7. The molecule has 1 fully saturated rings. The first kappa shape index (κ1) is 17.5. The highest BCUT2D eigenvalue weighted by Gasteiger charge is 2.29. The maximum absolute atomic E-state index is 12.7. The Morgan fingerprint density at radius 1 is 1.28 bits per heavy atom. The molecule has 1 atom stereocenters. The molecule has 6 heteroatoms. The first-order valence-electron chi connectivity index (χ1n) is 8.54. The summed E-state index contributed by atoms with van der Waals surface area (Å²) in [5.41, 5.74) is 0.677. The minimum atomic E-state index is -0.202. The van der Waals surface area contributed by atoms with Crippen LogP contribution in [-0.2, 0) is 4.79 Å². The number of thiophene rings is 1. The Kier molecular flexibility index (Phi) is 5.71. The van der Waals surface area contributed by atoms with Crippen molar-refractivity contribution in [1.82, 2.24) is 4.90 Å². The number of nitrogens with zero attached hydrogens (tertiary/aromatic N) is 1. The molecule has 132 valence electrons. The van der Waals surface area contributed by atoms with Crippen LogP contribution in [0.3, 0.4) is 0 Å². The molecule has 1 aromatic heterocycles. The number of benzene rings is 1. The van der Waals surface area contributed by atoms with E-state index in [1.807, 2.05) is 48.7 Å². The number of hydrogen-bond acceptors (Lipinski definition) is 4. The van der Waals surface area contributed by atoms with Gasteiger partial charge in [0.25, 0.3) is 5.91 Å². The van der Waals surface area contributed by atoms with Crippen LogP contribution < -0.4 is 10.1 Å². The van der Waals surface area contributed by atoms with Crippen LogP contribution in [0, 0.1) is 5.92 Å². The number of hydrogen-bond donors (Lipinski definition) is 1. The molecule has 1 saturated heterocycles. The molecule has 1 unspecified atom stereocenters. The van der Waals surface area contributed by atoms with E-state index in [1.165, 1.54) is 11.3 Å². The van der Waals surface area contributed by atoms with Crippen LogP contribution in [0.2, 0.25) is 0 Å². The van der Waals surface area contributed by atoms with Crippen molar-refractivity contribution in [3.05, 3.63) is 46.7 Å². The zero-order chi connectivity index (χ0) is 17.6. The van der Waals surface area contributed by atoms with Gasteiger partial charge in [0.15, 0.2) is 0 Å². The van der Waals surface area contributed by atoms with Gasteiger partial charge in [-0.3, -0.25) is 9.59 Å². The second-order valence-corrected chi connectivity index (χ2v) is 6.93. The Morgan fingerprint density at radius 3 is 2.88 bits per heavy atom. The fraction of sp³-hybridized carbons (Fsp3) is 0.368. The van der Waals surface area contributed by atoms with Crippen molar-refractivity contribution < 1.29 is 14.3 Å². The molecule has 0 saturated carbocycles. The quantitative estimate of drug-likeness (QED) is 0.888. The lowest BCUT2D eigenvalue weighted by Crippen LogP contribution is -2.43. The summed E-state index contributed by atoms with van der Waals surface area (Å²) in [4.78, 5) is 27.7. The number of carbonyl (C=O) groups excluding carboxylic acids is 2. The predicted octanol–water partition coefficient (Wildman–Crippen LogP) is 3.64. The van der Waals surface area contributed by atoms with Gasteiger partial charge in [-0.15, -0.1) is 11.3 Å². The van der Waals surface area contributed by atoms with Crippen molar-refractivity contribution in [2.24, 2.45) is 5.92 Å². The van der Waals surface area contributed by atoms with Gasteiger partial charge < -0.3 is 15.0 Å². The second-order valence-electron chi connectivity index (χ2n) is 5.99. The SMILES string of the molecule is CCOc1ccccc1NC(=O)C1CCCN(C(=O)c2cccs2)C1. The molecule has 0 aliphatic carbocycles. The van der Waals surface area contributed by atoms with E-state index >= 15 is 0 Å². The summed E-state index contributed by atoms with van der Waals surface area (Å²) in [5, 5.41) is 4.85. The number of ether oxygens (including phenoxy) is 1. The second kappa shape index (κ2) is 8.16. The maximum Gasteiger partial charge on any atom is 0.263 e. The Hall–Kier alpha value is -2.34. The molecule has 5 nitrogen and oxygen atoms in total. The number of rotatable bonds is 5. The number of amides is 2. The fourth-order valence-corrected chi connectivity index (χ4v) is 3.71. The summed E-state index contributed by atoms with van der Waals surface area (Å²) >= 11 is 1.44. The lowest BCUT2D eigenvalue weighted by Gasteiger charge is -2.31. The van der Waals surface area contributed by atoms with Crippen LogP contribution in [-0.4, -0.2) is 36.4 Å². The largest absolute Gasteiger partial charge is 0.492 e. The van der Waals surface area contributed by atoms with Gasteiger partial charge in [0, 0.05) is 13.1 Å². The molecule has 0 spiro atoms. The fourth-order valence-electron chi connectivity index (χ4n) is 3.02. The Balaban J connectivity index is 1.65. The highest BCUT2D eigenvalue weighted by molar-refractivity contribution is 7.12. The van der Waals surface area contributed by atoms with Gasteiger partial charge in [-0.1, -0.05) is 18.2 Å². The number of piperidine rings is 1. The molecule has 1 N–H and O–H groups in total. The normalized spacial score (nSPS) is 17.2. The van der Waals surface area contributed by atoms with Crippen molar-refractivity contribution >= 4 is 28.8 Å². The van der Waals surface area contributed by atoms with E-state index in [1.54, 1.807) is 4.90 Å². The molecule has 0 radical (unpaired) electrons. The van der Waals surface area contributed by atoms with E-state index in [-0.39, 0.29) is 17.7 Å². The Bertz CT molecular complexity index is 730. The van der Waals surface area contributed by atoms with Crippen LogP contribution >= 0.6 is 11.3 Å². The third-order valence-corrected chi connectivity index (χ3v) is 5.11. The zero-order valence-corrected chi connectivity index (χ0v) is 15.1. The van der Waals surface area contributed by atoms with Crippen LogP contribution in [0.1, 0.15) is 29.4 Å². The monoisotopic (exact) mass is 358 g/mol. The van der Waals surface area contributed by atoms with Crippen LogP contribution in [0.15, 0.2) is 41.8 Å². The molecular formula is C19H22N2O3S. The van der Waals surface area contributed by atoms with Gasteiger partial charge >= 0.3 is 0 Å². The van der Waals surface area contributed by atoms with Crippen molar-refractivity contribution in [2.45, 2.75) is 19.8 Å². The first-order chi connectivity index (χ1) is 12.2. The molecule has 1 aromatic carbocycles. The van der Waals surface area contributed by atoms with Crippen LogP contribution in [0.4, 0.5) is 5.69 Å². The van der Waals surface area contributed by atoms with Crippen molar-refractivity contribution in [3.63, 3.8) is 0 Å². The smallest absolute Gasteiger partial charge is 0.263 e. The lowest BCUT2D eigenvalue weighted by atomic mass is 9.96. The number of para-hydroxylation sites is 2. The van der Waals surface area contributed by atoms with Gasteiger partial charge in [0.05, 0.1) is 23.1 Å². The molecule has 2 aromatic rings. The minimum Gasteiger partial charge on any atom is -0.492 e. The van der Waals surface area contributed by atoms with Gasteiger partial charge in [-0.05, 0) is 43.3 Å². The highest BCUT2D eigenvalue weighted by Crippen LogP contribution is 2.26. The third kappa shape index (κ3) is 4.20. The summed E-state index contributed by atoms with van der Waals surface area (Å²) in [7, 11) is 0. The molecular weight excluding hydrogens is 336 g/mol. The summed E-state index contributed by atoms with van der Waals surface area (Å²) in [6.45, 7) is 3.61. The van der Waals surface area contributed by atoms with Crippen molar-refractivity contribution in [2.75, 3.05) is 25.0 Å². The molecule has 2 amide bonds. The van der Waals surface area contributed by atoms with E-state index in [9.17, 15) is 9.59 Å². The van der Waals surface area contributed by atoms with E-state index in [0.29, 0.717) is 31.1 Å². The van der Waals surface area contributed by atoms with Crippen LogP contribution in [0.25, 0.3) is 0 Å². The average Bonchev–Trinajstić information content (AvgIpc) is 3.18. The minimum absolute atomic E-state index is 0.0159. The predicted molar refractivity (Wildman–Crippen MR) is 99.2 cm³/mol. The summed E-state index contributed by atoms with van der Waals surface area (Å²) in [5.74, 6) is 0.422. The molecule has 0 bridgehead atoms. The standard InChI is InChI=1S/C19H22N2O3S/c1-2-24-16-9-4-3-8-15(16)20-18(22)14-7-5-11-21(13-14)19(23)17-10-6-12-25-17/h3-4,6,8-10,12,14H,2,5,7,11,13H2,1H3,(H,20,22). The summed E-state index contributed by atoms with van der Waals surface area (Å²) in [6, 6.07) is 11.1. The van der Waals surface area contributed by atoms with E-state index in [4.69, 9.17) is 4.74 Å². The average molecular weight is 358 g/mol. The summed E-state index contributed by atoms with van der Waals surface area (Å²) in [6.07, 6.45) is 1.62. The topological polar surface area (TPSA) is 58.6 Å². The number of carbonyl (C=O) groups is 2. The Morgan fingerprint density at radius 2 is 2.12 bits per heavy atom. The summed E-state index contributed by atoms with van der Waals surface area (Å²) < 4.78 is 5.56. The Labute approximate surface area is 151 Å². The van der Waals surface area contributed by atoms with Gasteiger partial charge in [-0.2, -0.15) is 0 Å². The number of nitrogens with one attached hydrogen (secondary N) is 1. The van der Waals surface area contributed by atoms with E-state index < -0.39 is 0 Å². The molecule has 25 heavy (non-hydrogen) atoms. The van der Waals surface area contributed by atoms with Crippen molar-refractivity contribution in [1.29, 1.82) is 0 Å². The number of likely N-dealkylation sites (tertiary alicyclic amines) is 1. The highest BCUT2D eigenvalue weighted by atomic mass is 32.1. The lowest BCUT2D eigenvalue weighted by molar-refractivity contribution is -0.121. The van der Waals surface area contributed by atoms with Gasteiger partial charge in [0.2, 0.25) is 5.91 Å². The van der Waals surface area contributed by atoms with E-state index in [0.717, 1.165) is 17.7 Å².